The van der Waals surface area contributed by atoms with Gasteiger partial charge in [-0.3, -0.25) is 9.69 Å². The third kappa shape index (κ3) is 5.20. The van der Waals surface area contributed by atoms with Crippen LogP contribution >= 0.6 is 0 Å². The quantitative estimate of drug-likeness (QED) is 0.807. The van der Waals surface area contributed by atoms with Crippen molar-refractivity contribution < 1.29 is 4.79 Å². The Bertz CT molecular complexity index is 773. The molecule has 1 heterocycles. The number of amides is 1. The summed E-state index contributed by atoms with van der Waals surface area (Å²) in [5.41, 5.74) is 5.64. The molecular weight excluding hydrogens is 332 g/mol. The molecule has 3 heteroatoms. The summed E-state index contributed by atoms with van der Waals surface area (Å²) >= 11 is 0. The molecule has 2 aromatic rings. The van der Waals surface area contributed by atoms with E-state index in [2.05, 4.69) is 61.3 Å². The number of aryl methyl sites for hydroxylation is 2. The van der Waals surface area contributed by atoms with Gasteiger partial charge < -0.3 is 5.32 Å². The summed E-state index contributed by atoms with van der Waals surface area (Å²) in [7, 11) is 0. The van der Waals surface area contributed by atoms with Gasteiger partial charge in [0.2, 0.25) is 0 Å². The third-order valence-corrected chi connectivity index (χ3v) is 5.74. The van der Waals surface area contributed by atoms with Gasteiger partial charge in [0.1, 0.15) is 0 Å². The fourth-order valence-electron chi connectivity index (χ4n) is 3.91. The van der Waals surface area contributed by atoms with E-state index < -0.39 is 0 Å². The first-order valence-electron chi connectivity index (χ1n) is 10.1. The molecule has 0 aliphatic carbocycles. The van der Waals surface area contributed by atoms with Gasteiger partial charge in [-0.15, -0.1) is 0 Å². The van der Waals surface area contributed by atoms with Crippen molar-refractivity contribution in [2.75, 3.05) is 13.1 Å². The second kappa shape index (κ2) is 8.71. The number of rotatable bonds is 5. The zero-order valence-corrected chi connectivity index (χ0v) is 17.1. The summed E-state index contributed by atoms with van der Waals surface area (Å²) in [6.07, 6.45) is 2.58. The van der Waals surface area contributed by atoms with E-state index >= 15 is 0 Å². The standard InChI is InChI=1S/C24H32N2O/c1-17-11-13-26(14-12-17)16-21-6-8-22(9-7-21)24(27)25-20(4)23-10-5-18(2)15-19(23)3/h5-10,15,17,20H,11-14,16H2,1-4H3,(H,25,27)/t20-/m0/s1. The summed E-state index contributed by atoms with van der Waals surface area (Å²) < 4.78 is 0. The molecule has 1 atom stereocenters. The van der Waals surface area contributed by atoms with Crippen LogP contribution < -0.4 is 5.32 Å². The lowest BCUT2D eigenvalue weighted by Gasteiger charge is -2.30. The van der Waals surface area contributed by atoms with E-state index in [1.807, 2.05) is 19.1 Å². The Hall–Kier alpha value is -2.13. The van der Waals surface area contributed by atoms with E-state index in [0.29, 0.717) is 0 Å². The highest BCUT2D eigenvalue weighted by Gasteiger charge is 2.16. The molecule has 1 fully saturated rings. The van der Waals surface area contributed by atoms with E-state index in [1.54, 1.807) is 0 Å². The van der Waals surface area contributed by atoms with E-state index in [-0.39, 0.29) is 11.9 Å². The number of carbonyl (C=O) groups is 1. The van der Waals surface area contributed by atoms with Crippen LogP contribution in [0, 0.1) is 19.8 Å². The summed E-state index contributed by atoms with van der Waals surface area (Å²) in [5, 5.41) is 3.13. The van der Waals surface area contributed by atoms with Gasteiger partial charge in [0, 0.05) is 12.1 Å². The second-order valence-electron chi connectivity index (χ2n) is 8.21. The zero-order valence-electron chi connectivity index (χ0n) is 17.1. The van der Waals surface area contributed by atoms with Crippen molar-refractivity contribution in [1.29, 1.82) is 0 Å². The van der Waals surface area contributed by atoms with Crippen molar-refractivity contribution in [1.82, 2.24) is 10.2 Å². The Morgan fingerprint density at radius 3 is 2.41 bits per heavy atom. The lowest BCUT2D eigenvalue weighted by molar-refractivity contribution is 0.0940. The highest BCUT2D eigenvalue weighted by Crippen LogP contribution is 2.20. The highest BCUT2D eigenvalue weighted by molar-refractivity contribution is 5.94. The van der Waals surface area contributed by atoms with Gasteiger partial charge in [-0.25, -0.2) is 0 Å². The van der Waals surface area contributed by atoms with Crippen LogP contribution in [0.3, 0.4) is 0 Å². The lowest BCUT2D eigenvalue weighted by atomic mass is 9.98. The van der Waals surface area contributed by atoms with Crippen LogP contribution in [0.25, 0.3) is 0 Å². The van der Waals surface area contributed by atoms with E-state index in [9.17, 15) is 4.79 Å². The topological polar surface area (TPSA) is 32.3 Å². The van der Waals surface area contributed by atoms with Crippen LogP contribution in [0.2, 0.25) is 0 Å². The van der Waals surface area contributed by atoms with Gasteiger partial charge in [-0.2, -0.15) is 0 Å². The number of benzene rings is 2. The van der Waals surface area contributed by atoms with Crippen LogP contribution in [0.15, 0.2) is 42.5 Å². The average Bonchev–Trinajstić information content (AvgIpc) is 2.64. The minimum Gasteiger partial charge on any atom is -0.346 e. The van der Waals surface area contributed by atoms with Crippen LogP contribution in [0.1, 0.15) is 65.3 Å². The van der Waals surface area contributed by atoms with Gasteiger partial charge in [-0.1, -0.05) is 42.8 Å². The van der Waals surface area contributed by atoms with Crippen molar-refractivity contribution in [3.63, 3.8) is 0 Å². The maximum Gasteiger partial charge on any atom is 0.251 e. The molecule has 0 bridgehead atoms. The Balaban J connectivity index is 1.58. The normalized spacial score (nSPS) is 16.9. The first kappa shape index (κ1) is 19.6. The van der Waals surface area contributed by atoms with Gasteiger partial charge in [0.25, 0.3) is 5.91 Å². The monoisotopic (exact) mass is 364 g/mol. The molecule has 1 saturated heterocycles. The van der Waals surface area contributed by atoms with E-state index in [0.717, 1.165) is 18.0 Å². The molecule has 1 N–H and O–H groups in total. The highest BCUT2D eigenvalue weighted by atomic mass is 16.1. The Morgan fingerprint density at radius 2 is 1.78 bits per heavy atom. The molecule has 3 rings (SSSR count). The van der Waals surface area contributed by atoms with Crippen LogP contribution in [-0.4, -0.2) is 23.9 Å². The summed E-state index contributed by atoms with van der Waals surface area (Å²) in [4.78, 5) is 15.1. The third-order valence-electron chi connectivity index (χ3n) is 5.74. The Kier molecular flexibility index (Phi) is 6.33. The molecule has 0 radical (unpaired) electrons. The van der Waals surface area contributed by atoms with Crippen LogP contribution in [0.5, 0.6) is 0 Å². The number of hydrogen-bond donors (Lipinski definition) is 1. The Morgan fingerprint density at radius 1 is 1.11 bits per heavy atom. The molecular formula is C24H32N2O. The first-order valence-corrected chi connectivity index (χ1v) is 10.1. The average molecular weight is 365 g/mol. The first-order chi connectivity index (χ1) is 12.9. The smallest absolute Gasteiger partial charge is 0.251 e. The Labute approximate surface area is 163 Å². The van der Waals surface area contributed by atoms with Gasteiger partial charge >= 0.3 is 0 Å². The molecule has 3 nitrogen and oxygen atoms in total. The van der Waals surface area contributed by atoms with Crippen LogP contribution in [-0.2, 0) is 6.54 Å². The summed E-state index contributed by atoms with van der Waals surface area (Å²) in [5.74, 6) is 0.840. The number of piperidine rings is 1. The molecule has 1 aliphatic rings. The molecule has 2 aromatic carbocycles. The number of carbonyl (C=O) groups excluding carboxylic acids is 1. The number of nitrogens with zero attached hydrogens (tertiary/aromatic N) is 1. The summed E-state index contributed by atoms with van der Waals surface area (Å²) in [6, 6.07) is 14.4. The largest absolute Gasteiger partial charge is 0.346 e. The predicted molar refractivity (Wildman–Crippen MR) is 112 cm³/mol. The number of hydrogen-bond acceptors (Lipinski definition) is 2. The summed E-state index contributed by atoms with van der Waals surface area (Å²) in [6.45, 7) is 11.9. The fourth-order valence-corrected chi connectivity index (χ4v) is 3.91. The minimum atomic E-state index is -0.0131. The van der Waals surface area contributed by atoms with Gasteiger partial charge in [-0.05, 0) is 81.4 Å². The zero-order chi connectivity index (χ0) is 19.4. The number of likely N-dealkylation sites (tertiary alicyclic amines) is 1. The van der Waals surface area contributed by atoms with Gasteiger partial charge in [0.05, 0.1) is 6.04 Å². The number of nitrogens with one attached hydrogen (secondary N) is 1. The fraction of sp³-hybridized carbons (Fsp3) is 0.458. The van der Waals surface area contributed by atoms with Gasteiger partial charge in [0.15, 0.2) is 0 Å². The predicted octanol–water partition coefficient (Wildman–Crippen LogP) is 5.03. The molecule has 0 spiro atoms. The molecule has 144 valence electrons. The van der Waals surface area contributed by atoms with Crippen molar-refractivity contribution in [2.24, 2.45) is 5.92 Å². The van der Waals surface area contributed by atoms with Crippen molar-refractivity contribution >= 4 is 5.91 Å². The molecule has 1 amide bonds. The minimum absolute atomic E-state index is 0.00637. The van der Waals surface area contributed by atoms with Crippen molar-refractivity contribution in [3.05, 3.63) is 70.3 Å². The van der Waals surface area contributed by atoms with Crippen LogP contribution in [0.4, 0.5) is 0 Å². The lowest BCUT2D eigenvalue weighted by Crippen LogP contribution is -2.32. The molecule has 27 heavy (non-hydrogen) atoms. The van der Waals surface area contributed by atoms with E-state index in [1.165, 1.54) is 48.2 Å². The maximum atomic E-state index is 12.6. The SMILES string of the molecule is Cc1ccc([C@H](C)NC(=O)c2ccc(CN3CCC(C)CC3)cc2)c(C)c1. The molecule has 0 unspecified atom stereocenters. The van der Waals surface area contributed by atoms with E-state index in [4.69, 9.17) is 0 Å². The second-order valence-corrected chi connectivity index (χ2v) is 8.21. The van der Waals surface area contributed by atoms with Crippen molar-refractivity contribution in [3.8, 4) is 0 Å². The molecule has 0 aromatic heterocycles. The van der Waals surface area contributed by atoms with Crippen molar-refractivity contribution in [2.45, 2.75) is 53.1 Å². The molecule has 0 saturated carbocycles. The molecule has 1 aliphatic heterocycles. The maximum absolute atomic E-state index is 12.6.